The predicted octanol–water partition coefficient (Wildman–Crippen LogP) is 5.04. The molecule has 2 aromatic carbocycles. The molecule has 3 aromatic rings. The van der Waals surface area contributed by atoms with Crippen molar-refractivity contribution in [1.82, 2.24) is 15.3 Å². The zero-order valence-electron chi connectivity index (χ0n) is 18.8. The van der Waals surface area contributed by atoms with E-state index in [9.17, 15) is 9.18 Å². The molecular formula is C25H29FN4O2. The van der Waals surface area contributed by atoms with Gasteiger partial charge in [0.2, 0.25) is 0 Å². The first-order chi connectivity index (χ1) is 15.4. The third-order valence-corrected chi connectivity index (χ3v) is 5.59. The lowest BCUT2D eigenvalue weighted by molar-refractivity contribution is 0.130. The summed E-state index contributed by atoms with van der Waals surface area (Å²) in [4.78, 5) is 23.9. The fourth-order valence-electron chi connectivity index (χ4n) is 3.96. The van der Waals surface area contributed by atoms with E-state index in [4.69, 9.17) is 14.7 Å². The number of amides is 1. The molecule has 1 amide bonds. The topological polar surface area (TPSA) is 67.4 Å². The zero-order valence-corrected chi connectivity index (χ0v) is 18.8. The van der Waals surface area contributed by atoms with Crippen molar-refractivity contribution in [2.24, 2.45) is 5.92 Å². The summed E-state index contributed by atoms with van der Waals surface area (Å²) in [5, 5.41) is 3.90. The number of aromatic nitrogens is 2. The van der Waals surface area contributed by atoms with Crippen LogP contribution in [0.1, 0.15) is 31.4 Å². The molecule has 0 saturated carbocycles. The summed E-state index contributed by atoms with van der Waals surface area (Å²) in [6, 6.07) is 13.4. The summed E-state index contributed by atoms with van der Waals surface area (Å²) in [5.41, 5.74) is 3.19. The molecule has 168 valence electrons. The number of benzene rings is 2. The Kier molecular flexibility index (Phi) is 6.53. The van der Waals surface area contributed by atoms with Gasteiger partial charge in [0.1, 0.15) is 12.5 Å². The predicted molar refractivity (Wildman–Crippen MR) is 124 cm³/mol. The summed E-state index contributed by atoms with van der Waals surface area (Å²) in [6.07, 6.45) is 0.413. The first-order valence-corrected chi connectivity index (χ1v) is 11.1. The van der Waals surface area contributed by atoms with Crippen molar-refractivity contribution in [3.63, 3.8) is 0 Å². The van der Waals surface area contributed by atoms with Gasteiger partial charge in [0.15, 0.2) is 5.82 Å². The van der Waals surface area contributed by atoms with Crippen molar-refractivity contribution in [2.75, 3.05) is 24.6 Å². The summed E-state index contributed by atoms with van der Waals surface area (Å²) in [7, 11) is 0. The van der Waals surface area contributed by atoms with Gasteiger partial charge >= 0.3 is 6.09 Å². The van der Waals surface area contributed by atoms with Crippen LogP contribution in [0.15, 0.2) is 42.5 Å². The zero-order chi connectivity index (χ0) is 22.7. The second-order valence-corrected chi connectivity index (χ2v) is 8.75. The Morgan fingerprint density at radius 1 is 1.25 bits per heavy atom. The Morgan fingerprint density at radius 3 is 2.84 bits per heavy atom. The van der Waals surface area contributed by atoms with E-state index in [1.807, 2.05) is 57.2 Å². The number of ether oxygens (including phenoxy) is 1. The quantitative estimate of drug-likeness (QED) is 0.587. The fourth-order valence-corrected chi connectivity index (χ4v) is 3.96. The van der Waals surface area contributed by atoms with Gasteiger partial charge < -0.3 is 15.0 Å². The van der Waals surface area contributed by atoms with Gasteiger partial charge in [-0.25, -0.2) is 19.2 Å². The summed E-state index contributed by atoms with van der Waals surface area (Å²) < 4.78 is 18.9. The van der Waals surface area contributed by atoms with Crippen LogP contribution in [-0.4, -0.2) is 41.8 Å². The number of fused-ring (bicyclic) bond motifs is 1. The van der Waals surface area contributed by atoms with E-state index in [0.717, 1.165) is 35.2 Å². The molecule has 1 aromatic heterocycles. The van der Waals surface area contributed by atoms with Crippen molar-refractivity contribution in [3.8, 4) is 11.4 Å². The number of aryl methyl sites for hydroxylation is 1. The van der Waals surface area contributed by atoms with E-state index in [2.05, 4.69) is 10.2 Å². The summed E-state index contributed by atoms with van der Waals surface area (Å²) >= 11 is 0. The number of halogens is 1. The molecule has 6 nitrogen and oxygen atoms in total. The molecule has 32 heavy (non-hydrogen) atoms. The lowest BCUT2D eigenvalue weighted by atomic mass is 10.1. The van der Waals surface area contributed by atoms with Crippen LogP contribution >= 0.6 is 0 Å². The minimum atomic E-state index is -0.574. The molecule has 0 bridgehead atoms. The molecule has 4 rings (SSSR count). The van der Waals surface area contributed by atoms with Gasteiger partial charge in [-0.1, -0.05) is 44.2 Å². The third-order valence-electron chi connectivity index (χ3n) is 5.59. The number of alkyl halides is 1. The largest absolute Gasteiger partial charge is 0.449 e. The first kappa shape index (κ1) is 22.0. The van der Waals surface area contributed by atoms with Crippen molar-refractivity contribution in [2.45, 2.75) is 39.9 Å². The second kappa shape index (κ2) is 9.51. The van der Waals surface area contributed by atoms with Crippen molar-refractivity contribution in [1.29, 1.82) is 0 Å². The number of alkyl carbamates (subject to hydrolysis) is 1. The van der Waals surface area contributed by atoms with E-state index in [1.165, 1.54) is 0 Å². The number of rotatable bonds is 6. The number of nitrogens with zero attached hydrogens (tertiary/aromatic N) is 3. The molecule has 1 saturated heterocycles. The van der Waals surface area contributed by atoms with Gasteiger partial charge in [-0.05, 0) is 42.5 Å². The minimum Gasteiger partial charge on any atom is -0.449 e. The highest BCUT2D eigenvalue weighted by molar-refractivity contribution is 5.92. The van der Waals surface area contributed by atoms with Crippen LogP contribution < -0.4 is 10.2 Å². The molecule has 0 aliphatic carbocycles. The Bertz CT molecular complexity index is 1120. The van der Waals surface area contributed by atoms with E-state index >= 15 is 0 Å². The average molecular weight is 437 g/mol. The van der Waals surface area contributed by atoms with Gasteiger partial charge in [0.05, 0.1) is 18.2 Å². The van der Waals surface area contributed by atoms with Crippen LogP contribution in [0.5, 0.6) is 0 Å². The molecule has 2 heterocycles. The highest BCUT2D eigenvalue weighted by Crippen LogP contribution is 2.31. The summed E-state index contributed by atoms with van der Waals surface area (Å²) in [6.45, 7) is 7.23. The normalized spacial score (nSPS) is 16.0. The maximum absolute atomic E-state index is 13.6. The molecule has 1 fully saturated rings. The van der Waals surface area contributed by atoms with Crippen molar-refractivity contribution in [3.05, 3.63) is 53.6 Å². The highest BCUT2D eigenvalue weighted by atomic mass is 19.1. The maximum atomic E-state index is 13.6. The van der Waals surface area contributed by atoms with Gasteiger partial charge in [0.25, 0.3) is 0 Å². The Balaban J connectivity index is 1.64. The van der Waals surface area contributed by atoms with Gasteiger partial charge in [-0.15, -0.1) is 0 Å². The SMILES string of the molecule is Cc1ccc2c(N3CC[C@@H](NC(=O)OCC(C)C)C3)nc(-c3ccccc3CF)nc2c1. The Hall–Kier alpha value is -3.22. The Morgan fingerprint density at radius 2 is 2.06 bits per heavy atom. The van der Waals surface area contributed by atoms with Crippen molar-refractivity contribution < 1.29 is 13.9 Å². The number of carbonyl (C=O) groups is 1. The molecule has 1 atom stereocenters. The van der Waals surface area contributed by atoms with Crippen molar-refractivity contribution >= 4 is 22.8 Å². The molecule has 1 N–H and O–H groups in total. The summed E-state index contributed by atoms with van der Waals surface area (Å²) in [5.74, 6) is 1.61. The smallest absolute Gasteiger partial charge is 0.407 e. The number of nitrogens with one attached hydrogen (secondary N) is 1. The lowest BCUT2D eigenvalue weighted by Gasteiger charge is -2.21. The highest BCUT2D eigenvalue weighted by Gasteiger charge is 2.27. The van der Waals surface area contributed by atoms with Crippen LogP contribution in [0.2, 0.25) is 0 Å². The van der Waals surface area contributed by atoms with Crippen LogP contribution in [0.25, 0.3) is 22.3 Å². The monoisotopic (exact) mass is 436 g/mol. The maximum Gasteiger partial charge on any atom is 0.407 e. The third kappa shape index (κ3) is 4.82. The molecule has 7 heteroatoms. The molecule has 0 spiro atoms. The standard InChI is InChI=1S/C25H29FN4O2/c1-16(2)15-32-25(31)27-19-10-11-30(14-19)24-21-9-8-17(3)12-22(21)28-23(29-24)20-7-5-4-6-18(20)13-26/h4-9,12,16,19H,10-11,13-15H2,1-3H3,(H,27,31)/t19-/m1/s1. The average Bonchev–Trinajstić information content (AvgIpc) is 3.24. The molecule has 0 radical (unpaired) electrons. The molecule has 1 aliphatic heterocycles. The van der Waals surface area contributed by atoms with Crippen LogP contribution in [0, 0.1) is 12.8 Å². The van der Waals surface area contributed by atoms with Gasteiger partial charge in [-0.2, -0.15) is 0 Å². The fraction of sp³-hybridized carbons (Fsp3) is 0.400. The van der Waals surface area contributed by atoms with Gasteiger partial charge in [-0.3, -0.25) is 0 Å². The number of anilines is 1. The molecule has 1 aliphatic rings. The van der Waals surface area contributed by atoms with E-state index < -0.39 is 6.67 Å². The van der Waals surface area contributed by atoms with E-state index in [-0.39, 0.29) is 12.1 Å². The number of hydrogen-bond acceptors (Lipinski definition) is 5. The van der Waals surface area contributed by atoms with E-state index in [0.29, 0.717) is 36.0 Å². The Labute approximate surface area is 187 Å². The lowest BCUT2D eigenvalue weighted by Crippen LogP contribution is -2.38. The second-order valence-electron chi connectivity index (χ2n) is 8.75. The molecular weight excluding hydrogens is 407 g/mol. The number of carbonyl (C=O) groups excluding carboxylic acids is 1. The minimum absolute atomic E-state index is 0.0216. The first-order valence-electron chi connectivity index (χ1n) is 11.1. The van der Waals surface area contributed by atoms with Crippen LogP contribution in [0.3, 0.4) is 0 Å². The number of hydrogen-bond donors (Lipinski definition) is 1. The van der Waals surface area contributed by atoms with Crippen LogP contribution in [0.4, 0.5) is 15.0 Å². The van der Waals surface area contributed by atoms with Gasteiger partial charge in [0, 0.05) is 24.0 Å². The van der Waals surface area contributed by atoms with E-state index in [1.54, 1.807) is 6.07 Å². The molecule has 0 unspecified atom stereocenters. The van der Waals surface area contributed by atoms with Crippen LogP contribution in [-0.2, 0) is 11.4 Å².